The zero-order valence-corrected chi connectivity index (χ0v) is 44.7. The third kappa shape index (κ3) is 12.0. The van der Waals surface area contributed by atoms with Crippen molar-refractivity contribution in [3.8, 4) is 11.5 Å². The number of nitrogens with zero attached hydrogens (tertiary/aromatic N) is 4. The molecule has 0 amide bonds. The molecule has 8 bridgehead atoms. The summed E-state index contributed by atoms with van der Waals surface area (Å²) in [5, 5.41) is 25.6. The van der Waals surface area contributed by atoms with Crippen LogP contribution in [-0.4, -0.2) is 19.3 Å². The van der Waals surface area contributed by atoms with Gasteiger partial charge in [-0.3, -0.25) is 0 Å². The Bertz CT molecular complexity index is 2430. The van der Waals surface area contributed by atoms with Gasteiger partial charge in [0.1, 0.15) is 36.3 Å². The zero-order valence-electron chi connectivity index (χ0n) is 44.7. The summed E-state index contributed by atoms with van der Waals surface area (Å²) in [5.74, 6) is 0.824. The molecule has 0 aliphatic heterocycles. The Labute approximate surface area is 411 Å². The number of rotatable bonds is 12. The van der Waals surface area contributed by atoms with E-state index in [9.17, 15) is 10.2 Å². The summed E-state index contributed by atoms with van der Waals surface area (Å²) in [7, 11) is 0. The van der Waals surface area contributed by atoms with Crippen LogP contribution in [0.25, 0.3) is 0 Å². The summed E-state index contributed by atoms with van der Waals surface area (Å²) in [6, 6.07) is 18.9. The van der Waals surface area contributed by atoms with Crippen LogP contribution in [0.1, 0.15) is 201 Å². The molecule has 6 nitrogen and oxygen atoms in total. The van der Waals surface area contributed by atoms with Crippen LogP contribution in [0.4, 0.5) is 0 Å². The van der Waals surface area contributed by atoms with Crippen molar-refractivity contribution < 1.29 is 19.3 Å². The van der Waals surface area contributed by atoms with Gasteiger partial charge < -0.3 is 10.2 Å². The van der Waals surface area contributed by atoms with Gasteiger partial charge in [-0.2, -0.15) is 0 Å². The fourth-order valence-corrected chi connectivity index (χ4v) is 10.0. The van der Waals surface area contributed by atoms with Crippen molar-refractivity contribution in [1.82, 2.24) is 9.13 Å². The first-order chi connectivity index (χ1) is 31.9. The molecule has 0 unspecified atom stereocenters. The standard InChI is InChI=1S/C62H84N4O2/c1-15-17-21-63-25-27-65(41-63)23-19-55-43-29-47-37-53(61(9,10)11)39-49(57(47)67)31-45-35-52(60(6,7)8)36-46(56(45)20-24-66-28-26-64(42-66)22-18-16-2)32-50-40-54(62(12,13)14)38-48(58(50)68)30-44(55)34-51(33-43)59(3,4)5/h25-28,33-42H,15-24,29-32H2,1-14H3/p+2. The van der Waals surface area contributed by atoms with Crippen LogP contribution in [0.5, 0.6) is 11.5 Å². The van der Waals surface area contributed by atoms with E-state index in [1.807, 2.05) is 0 Å². The van der Waals surface area contributed by atoms with Crippen molar-refractivity contribution in [3.63, 3.8) is 0 Å². The number of phenolic OH excluding ortho intramolecular Hbond substituents is 2. The van der Waals surface area contributed by atoms with E-state index in [4.69, 9.17) is 0 Å². The normalized spacial score (nSPS) is 13.6. The van der Waals surface area contributed by atoms with Crippen LogP contribution in [0.15, 0.2) is 86.0 Å². The van der Waals surface area contributed by atoms with E-state index in [-0.39, 0.29) is 21.7 Å². The molecule has 0 radical (unpaired) electrons. The van der Waals surface area contributed by atoms with E-state index in [1.54, 1.807) is 0 Å². The van der Waals surface area contributed by atoms with Gasteiger partial charge in [0, 0.05) is 38.5 Å². The van der Waals surface area contributed by atoms with Gasteiger partial charge in [-0.25, -0.2) is 18.3 Å². The van der Waals surface area contributed by atoms with E-state index >= 15 is 0 Å². The van der Waals surface area contributed by atoms with Crippen molar-refractivity contribution in [2.24, 2.45) is 0 Å². The van der Waals surface area contributed by atoms with Crippen LogP contribution in [0.2, 0.25) is 0 Å². The molecule has 0 spiro atoms. The highest BCUT2D eigenvalue weighted by Gasteiger charge is 2.28. The van der Waals surface area contributed by atoms with Crippen LogP contribution >= 0.6 is 0 Å². The molecule has 7 rings (SSSR count). The monoisotopic (exact) mass is 919 g/mol. The number of aromatic hydroxyl groups is 2. The number of aryl methyl sites for hydroxylation is 4. The first kappa shape index (κ1) is 50.8. The molecule has 1 aliphatic rings. The van der Waals surface area contributed by atoms with Gasteiger partial charge in [-0.05, 0) is 112 Å². The number of hydrogen-bond acceptors (Lipinski definition) is 2. The Kier molecular flexibility index (Phi) is 15.0. The Morgan fingerprint density at radius 3 is 0.941 bits per heavy atom. The first-order valence-corrected chi connectivity index (χ1v) is 26.0. The molecule has 0 fully saturated rings. The predicted molar refractivity (Wildman–Crippen MR) is 282 cm³/mol. The molecule has 0 atom stereocenters. The molecule has 2 N–H and O–H groups in total. The predicted octanol–water partition coefficient (Wildman–Crippen LogP) is 13.2. The second-order valence-corrected chi connectivity index (χ2v) is 24.5. The van der Waals surface area contributed by atoms with Gasteiger partial charge in [0.25, 0.3) is 0 Å². The van der Waals surface area contributed by atoms with Crippen LogP contribution in [0.3, 0.4) is 0 Å². The highest BCUT2D eigenvalue weighted by molar-refractivity contribution is 5.57. The molecule has 4 aromatic carbocycles. The summed E-state index contributed by atoms with van der Waals surface area (Å²) >= 11 is 0. The lowest BCUT2D eigenvalue weighted by Crippen LogP contribution is -2.30. The molecular weight excluding hydrogens is 833 g/mol. The Morgan fingerprint density at radius 2 is 0.691 bits per heavy atom. The summed E-state index contributed by atoms with van der Waals surface area (Å²) in [5.41, 5.74) is 16.1. The highest BCUT2D eigenvalue weighted by Crippen LogP contribution is 2.41. The van der Waals surface area contributed by atoms with Crippen LogP contribution in [-0.2, 0) is 86.4 Å². The maximum Gasteiger partial charge on any atom is 0.243 e. The minimum absolute atomic E-state index is 0.116. The van der Waals surface area contributed by atoms with Gasteiger partial charge in [0.15, 0.2) is 0 Å². The van der Waals surface area contributed by atoms with E-state index in [2.05, 4.69) is 201 Å². The molecule has 2 aromatic heterocycles. The summed E-state index contributed by atoms with van der Waals surface area (Å²) < 4.78 is 9.27. The average molecular weight is 919 g/mol. The average Bonchev–Trinajstić information content (AvgIpc) is 3.91. The Morgan fingerprint density at radius 1 is 0.426 bits per heavy atom. The smallest absolute Gasteiger partial charge is 0.243 e. The minimum atomic E-state index is -0.130. The molecule has 364 valence electrons. The third-order valence-electron chi connectivity index (χ3n) is 14.7. The van der Waals surface area contributed by atoms with E-state index in [0.717, 1.165) is 74.1 Å². The molecule has 0 saturated heterocycles. The van der Waals surface area contributed by atoms with Crippen molar-refractivity contribution in [2.45, 2.75) is 209 Å². The second kappa shape index (κ2) is 20.1. The van der Waals surface area contributed by atoms with Gasteiger partial charge in [0.05, 0.1) is 26.2 Å². The number of benzene rings is 4. The van der Waals surface area contributed by atoms with E-state index in [0.29, 0.717) is 37.2 Å². The quantitative estimate of drug-likeness (QED) is 0.120. The number of hydrogen-bond donors (Lipinski definition) is 2. The fourth-order valence-electron chi connectivity index (χ4n) is 10.0. The lowest BCUT2D eigenvalue weighted by Gasteiger charge is -2.28. The Hall–Kier alpha value is -5.10. The number of imidazole rings is 2. The number of unbranched alkanes of at least 4 members (excludes halogenated alkanes) is 2. The second-order valence-electron chi connectivity index (χ2n) is 24.5. The summed E-state index contributed by atoms with van der Waals surface area (Å²) in [6.07, 6.45) is 22.1. The lowest BCUT2D eigenvalue weighted by atomic mass is 9.77. The number of fused-ring (bicyclic) bond motifs is 8. The molecular formula is C62H86N4O2+2. The largest absolute Gasteiger partial charge is 0.507 e. The van der Waals surface area contributed by atoms with Crippen molar-refractivity contribution >= 4 is 0 Å². The van der Waals surface area contributed by atoms with Gasteiger partial charge in [-0.1, -0.05) is 158 Å². The van der Waals surface area contributed by atoms with Gasteiger partial charge >= 0.3 is 0 Å². The van der Waals surface area contributed by atoms with Gasteiger partial charge in [-0.15, -0.1) is 0 Å². The third-order valence-corrected chi connectivity index (χ3v) is 14.7. The molecule has 2 heterocycles. The maximum atomic E-state index is 12.8. The first-order valence-electron chi connectivity index (χ1n) is 26.0. The highest BCUT2D eigenvalue weighted by atomic mass is 16.3. The zero-order chi connectivity index (χ0) is 49.3. The van der Waals surface area contributed by atoms with Crippen molar-refractivity contribution in [2.75, 3.05) is 0 Å². The fraction of sp³-hybridized carbons (Fsp3) is 0.516. The molecule has 68 heavy (non-hydrogen) atoms. The SMILES string of the molecule is CCCC[n+]1ccn(CCc2c3cc(C(C)(C)C)cc2Cc2cc(C(C)(C)C)cc(c2O)Cc2cc(C(C)(C)C)cc(c2CCn2cc[n+](CCCC)c2)Cc2cc(C(C)(C)C)cc(c2O)C3)c1. The topological polar surface area (TPSA) is 58.1 Å². The van der Waals surface area contributed by atoms with E-state index < -0.39 is 0 Å². The van der Waals surface area contributed by atoms with Crippen LogP contribution in [0, 0.1) is 0 Å². The summed E-state index contributed by atoms with van der Waals surface area (Å²) in [6.45, 7) is 35.8. The minimum Gasteiger partial charge on any atom is -0.507 e. The Balaban J connectivity index is 1.50. The lowest BCUT2D eigenvalue weighted by molar-refractivity contribution is -0.697. The van der Waals surface area contributed by atoms with E-state index in [1.165, 1.54) is 68.5 Å². The van der Waals surface area contributed by atoms with Crippen molar-refractivity contribution in [1.29, 1.82) is 0 Å². The number of phenols is 2. The van der Waals surface area contributed by atoms with Crippen molar-refractivity contribution in [3.05, 3.63) is 164 Å². The maximum absolute atomic E-state index is 12.8. The summed E-state index contributed by atoms with van der Waals surface area (Å²) in [4.78, 5) is 0. The van der Waals surface area contributed by atoms with Gasteiger partial charge in [0.2, 0.25) is 12.7 Å². The molecule has 1 aliphatic carbocycles. The molecule has 0 saturated carbocycles. The molecule has 6 aromatic rings. The number of aromatic nitrogens is 4. The van der Waals surface area contributed by atoms with Crippen LogP contribution < -0.4 is 9.13 Å². The molecule has 6 heteroatoms.